The van der Waals surface area contributed by atoms with Crippen molar-refractivity contribution in [2.24, 2.45) is 0 Å². The number of anilines is 1. The Balaban J connectivity index is 1.28. The van der Waals surface area contributed by atoms with E-state index in [0.29, 0.717) is 29.3 Å². The van der Waals surface area contributed by atoms with E-state index in [1.165, 1.54) is 0 Å². The summed E-state index contributed by atoms with van der Waals surface area (Å²) in [7, 11) is 1.59. The van der Waals surface area contributed by atoms with Gasteiger partial charge in [-0.1, -0.05) is 0 Å². The van der Waals surface area contributed by atoms with Gasteiger partial charge < -0.3 is 19.3 Å². The number of aromatic nitrogens is 2. The number of rotatable bonds is 8. The molecule has 1 aromatic carbocycles. The second kappa shape index (κ2) is 10.7. The monoisotopic (exact) mass is 457 g/mol. The van der Waals surface area contributed by atoms with E-state index in [0.717, 1.165) is 51.5 Å². The minimum Gasteiger partial charge on any atom is -0.497 e. The minimum absolute atomic E-state index is 0.0940. The first kappa shape index (κ1) is 22.4. The summed E-state index contributed by atoms with van der Waals surface area (Å²) in [5, 5.41) is 0. The topological polar surface area (TPSA) is 71.0 Å². The summed E-state index contributed by atoms with van der Waals surface area (Å²) in [5.74, 6) is 2.04. The molecule has 8 nitrogen and oxygen atoms in total. The van der Waals surface area contributed by atoms with Crippen LogP contribution >= 0.6 is 11.6 Å². The van der Waals surface area contributed by atoms with Crippen molar-refractivity contribution in [2.75, 3.05) is 57.2 Å². The maximum atomic E-state index is 13.2. The van der Waals surface area contributed by atoms with Crippen LogP contribution in [-0.2, 0) is 0 Å². The lowest BCUT2D eigenvalue weighted by Crippen LogP contribution is -2.47. The van der Waals surface area contributed by atoms with E-state index in [9.17, 15) is 4.79 Å². The summed E-state index contributed by atoms with van der Waals surface area (Å²) in [6.07, 6.45) is 7.01. The van der Waals surface area contributed by atoms with Crippen LogP contribution in [0.2, 0.25) is 0 Å². The number of nitrogens with zero attached hydrogens (tertiary/aromatic N) is 5. The molecule has 2 aliphatic heterocycles. The fraction of sp³-hybridized carbons (Fsp3) is 0.435. The van der Waals surface area contributed by atoms with Crippen molar-refractivity contribution in [2.45, 2.75) is 12.8 Å². The van der Waals surface area contributed by atoms with Crippen molar-refractivity contribution >= 4 is 23.5 Å². The van der Waals surface area contributed by atoms with E-state index in [4.69, 9.17) is 21.1 Å². The number of methoxy groups -OCH3 is 1. The van der Waals surface area contributed by atoms with Crippen LogP contribution in [0.25, 0.3) is 0 Å². The van der Waals surface area contributed by atoms with Gasteiger partial charge in [-0.05, 0) is 37.6 Å². The number of alkyl halides is 1. The normalized spacial score (nSPS) is 16.8. The molecular weight excluding hydrogens is 430 g/mol. The zero-order valence-corrected chi connectivity index (χ0v) is 19.0. The molecule has 0 unspecified atom stereocenters. The van der Waals surface area contributed by atoms with Gasteiger partial charge in [0, 0.05) is 51.2 Å². The van der Waals surface area contributed by atoms with Gasteiger partial charge >= 0.3 is 0 Å². The Labute approximate surface area is 193 Å². The molecule has 1 amide bonds. The molecule has 2 aromatic rings. The molecule has 0 aliphatic carbocycles. The van der Waals surface area contributed by atoms with Crippen molar-refractivity contribution in [1.29, 1.82) is 0 Å². The third-order valence-electron chi connectivity index (χ3n) is 5.78. The molecule has 0 N–H and O–H groups in total. The number of benzene rings is 1. The average Bonchev–Trinajstić information content (AvgIpc) is 2.98. The van der Waals surface area contributed by atoms with Gasteiger partial charge in [-0.2, -0.15) is 0 Å². The predicted octanol–water partition coefficient (Wildman–Crippen LogP) is 3.00. The smallest absolute Gasteiger partial charge is 0.261 e. The Kier molecular flexibility index (Phi) is 7.44. The zero-order chi connectivity index (χ0) is 22.3. The van der Waals surface area contributed by atoms with E-state index in [1.807, 2.05) is 6.07 Å². The van der Waals surface area contributed by atoms with Gasteiger partial charge in [0.1, 0.15) is 17.8 Å². The number of halogens is 1. The number of fused-ring (bicyclic) bond motifs is 1. The molecule has 9 heteroatoms. The highest BCUT2D eigenvalue weighted by atomic mass is 35.5. The Bertz CT molecular complexity index is 948. The van der Waals surface area contributed by atoms with Gasteiger partial charge in [-0.25, -0.2) is 9.97 Å². The van der Waals surface area contributed by atoms with Crippen molar-refractivity contribution in [3.8, 4) is 11.5 Å². The number of hydrogen-bond acceptors (Lipinski definition) is 7. The average molecular weight is 458 g/mol. The second-order valence-corrected chi connectivity index (χ2v) is 8.03. The number of allylic oxidation sites excluding steroid dienone is 1. The Morgan fingerprint density at radius 3 is 2.56 bits per heavy atom. The molecule has 0 spiro atoms. The lowest BCUT2D eigenvalue weighted by atomic mass is 10.1. The largest absolute Gasteiger partial charge is 0.497 e. The fourth-order valence-electron chi connectivity index (χ4n) is 3.95. The Morgan fingerprint density at radius 2 is 1.84 bits per heavy atom. The maximum absolute atomic E-state index is 13.2. The Morgan fingerprint density at radius 1 is 1.09 bits per heavy atom. The SMILES string of the molecule is COc1ccc2c(c1)OC=C(CCl)N(CCCCN1CCN(c3ncccn3)CC1)C2=O. The molecule has 32 heavy (non-hydrogen) atoms. The van der Waals surface area contributed by atoms with Crippen molar-refractivity contribution in [1.82, 2.24) is 19.8 Å². The number of hydrogen-bond donors (Lipinski definition) is 0. The van der Waals surface area contributed by atoms with Crippen LogP contribution in [0.5, 0.6) is 11.5 Å². The number of ether oxygens (including phenoxy) is 2. The molecule has 1 fully saturated rings. The molecule has 1 aromatic heterocycles. The van der Waals surface area contributed by atoms with Crippen molar-refractivity contribution < 1.29 is 14.3 Å². The number of unbranched alkanes of at least 4 members (excludes halogenated alkanes) is 1. The van der Waals surface area contributed by atoms with Crippen LogP contribution in [0.1, 0.15) is 23.2 Å². The van der Waals surface area contributed by atoms with Crippen LogP contribution in [-0.4, -0.2) is 77.9 Å². The van der Waals surface area contributed by atoms with Gasteiger partial charge in [0.05, 0.1) is 24.3 Å². The van der Waals surface area contributed by atoms with Gasteiger partial charge in [0.15, 0.2) is 0 Å². The molecule has 3 heterocycles. The molecule has 0 saturated carbocycles. The molecule has 0 radical (unpaired) electrons. The molecule has 170 valence electrons. The maximum Gasteiger partial charge on any atom is 0.261 e. The lowest BCUT2D eigenvalue weighted by Gasteiger charge is -2.34. The predicted molar refractivity (Wildman–Crippen MR) is 123 cm³/mol. The second-order valence-electron chi connectivity index (χ2n) is 7.76. The quantitative estimate of drug-likeness (QED) is 0.445. The molecule has 2 aliphatic rings. The highest BCUT2D eigenvalue weighted by Crippen LogP contribution is 2.30. The summed E-state index contributed by atoms with van der Waals surface area (Å²) >= 11 is 6.12. The third-order valence-corrected chi connectivity index (χ3v) is 6.06. The summed E-state index contributed by atoms with van der Waals surface area (Å²) in [6.45, 7) is 5.41. The molecule has 0 bridgehead atoms. The summed E-state index contributed by atoms with van der Waals surface area (Å²) in [4.78, 5) is 28.2. The van der Waals surface area contributed by atoms with Crippen LogP contribution in [0.3, 0.4) is 0 Å². The standard InChI is InChI=1S/C23H28ClN5O3/c1-31-19-5-6-20-21(15-19)32-17-18(16-24)29(22(20)30)10-3-2-9-27-11-13-28(14-12-27)23-25-7-4-8-26-23/h4-8,15,17H,2-3,9-14,16H2,1H3. The molecule has 1 saturated heterocycles. The van der Waals surface area contributed by atoms with Crippen LogP contribution < -0.4 is 14.4 Å². The van der Waals surface area contributed by atoms with Crippen LogP contribution in [0, 0.1) is 0 Å². The summed E-state index contributed by atoms with van der Waals surface area (Å²) in [6, 6.07) is 7.06. The molecule has 0 atom stereocenters. The van der Waals surface area contributed by atoms with Crippen molar-refractivity contribution in [3.63, 3.8) is 0 Å². The highest BCUT2D eigenvalue weighted by Gasteiger charge is 2.26. The van der Waals surface area contributed by atoms with Crippen LogP contribution in [0.4, 0.5) is 5.95 Å². The number of carbonyl (C=O) groups is 1. The minimum atomic E-state index is -0.0940. The zero-order valence-electron chi connectivity index (χ0n) is 18.2. The number of carbonyl (C=O) groups excluding carboxylic acids is 1. The molecular formula is C23H28ClN5O3. The highest BCUT2D eigenvalue weighted by molar-refractivity contribution is 6.19. The first-order chi connectivity index (χ1) is 15.7. The van der Waals surface area contributed by atoms with E-state index in [-0.39, 0.29) is 11.8 Å². The van der Waals surface area contributed by atoms with E-state index in [2.05, 4.69) is 19.8 Å². The van der Waals surface area contributed by atoms with Gasteiger partial charge in [0.2, 0.25) is 5.95 Å². The van der Waals surface area contributed by atoms with E-state index < -0.39 is 0 Å². The van der Waals surface area contributed by atoms with E-state index >= 15 is 0 Å². The first-order valence-electron chi connectivity index (χ1n) is 10.9. The van der Waals surface area contributed by atoms with Gasteiger partial charge in [-0.3, -0.25) is 9.69 Å². The summed E-state index contributed by atoms with van der Waals surface area (Å²) < 4.78 is 11.0. The van der Waals surface area contributed by atoms with Gasteiger partial charge in [-0.15, -0.1) is 11.6 Å². The third kappa shape index (κ3) is 5.14. The van der Waals surface area contributed by atoms with Crippen molar-refractivity contribution in [3.05, 3.63) is 54.2 Å². The van der Waals surface area contributed by atoms with E-state index in [1.54, 1.807) is 48.9 Å². The summed E-state index contributed by atoms with van der Waals surface area (Å²) in [5.41, 5.74) is 1.18. The fourth-order valence-corrected chi connectivity index (χ4v) is 4.16. The number of piperazine rings is 1. The molecule has 4 rings (SSSR count). The Hall–Kier alpha value is -2.84. The van der Waals surface area contributed by atoms with Crippen LogP contribution in [0.15, 0.2) is 48.6 Å². The first-order valence-corrected chi connectivity index (χ1v) is 11.4. The number of amides is 1. The lowest BCUT2D eigenvalue weighted by molar-refractivity contribution is 0.0805. The van der Waals surface area contributed by atoms with Gasteiger partial charge in [0.25, 0.3) is 5.91 Å².